The molecule has 0 unspecified atom stereocenters. The fraction of sp³-hybridized carbons (Fsp3) is 0.378. The standard InChI is InChI=1S/C37H46N2O7/c1-2-3-4-9-12-35(40)45-33-18-20-34(21-19-33)46-36(41)22-15-28-13-16-32(17-14-28)43-23-10-7-5-6-8-11-24-44-37(42)29-25-30(38)27-31(39)26-29/h13-22,25-27H,2-12,23-24,38-39H2,1H3. The Kier molecular flexibility index (Phi) is 15.7. The van der Waals surface area contributed by atoms with Crippen LogP contribution in [0.5, 0.6) is 17.2 Å². The number of carbonyl (C=O) groups is 3. The zero-order chi connectivity index (χ0) is 33.0. The second-order valence-electron chi connectivity index (χ2n) is 11.1. The number of nitrogen functional groups attached to an aromatic ring is 2. The molecule has 0 aromatic heterocycles. The third-order valence-electron chi connectivity index (χ3n) is 7.05. The number of rotatable bonds is 20. The first kappa shape index (κ1) is 35.7. The first-order valence-electron chi connectivity index (χ1n) is 16.1. The van der Waals surface area contributed by atoms with E-state index in [1.54, 1.807) is 48.5 Å². The predicted octanol–water partition coefficient (Wildman–Crippen LogP) is 7.92. The average Bonchev–Trinajstić information content (AvgIpc) is 3.04. The van der Waals surface area contributed by atoms with E-state index in [-0.39, 0.29) is 5.97 Å². The lowest BCUT2D eigenvalue weighted by Gasteiger charge is -2.07. The van der Waals surface area contributed by atoms with Gasteiger partial charge in [-0.1, -0.05) is 64.0 Å². The van der Waals surface area contributed by atoms with Crippen LogP contribution in [0.3, 0.4) is 0 Å². The van der Waals surface area contributed by atoms with Crippen LogP contribution in [0.2, 0.25) is 0 Å². The van der Waals surface area contributed by atoms with Crippen LogP contribution in [0.1, 0.15) is 93.5 Å². The molecule has 3 aromatic carbocycles. The molecule has 246 valence electrons. The monoisotopic (exact) mass is 630 g/mol. The summed E-state index contributed by atoms with van der Waals surface area (Å²) in [5.74, 6) is 0.381. The number of nitrogens with two attached hydrogens (primary N) is 2. The van der Waals surface area contributed by atoms with Crippen molar-refractivity contribution in [1.29, 1.82) is 0 Å². The smallest absolute Gasteiger partial charge is 0.338 e. The summed E-state index contributed by atoms with van der Waals surface area (Å²) in [5, 5.41) is 0. The quantitative estimate of drug-likeness (QED) is 0.0419. The maximum absolute atomic E-state index is 12.2. The summed E-state index contributed by atoms with van der Waals surface area (Å²) < 4.78 is 21.8. The van der Waals surface area contributed by atoms with Crippen LogP contribution in [0, 0.1) is 0 Å². The second kappa shape index (κ2) is 20.3. The van der Waals surface area contributed by atoms with Gasteiger partial charge in [0.15, 0.2) is 0 Å². The molecule has 0 aliphatic rings. The van der Waals surface area contributed by atoms with Gasteiger partial charge in [0, 0.05) is 23.9 Å². The first-order valence-corrected chi connectivity index (χ1v) is 16.1. The van der Waals surface area contributed by atoms with Crippen molar-refractivity contribution in [2.75, 3.05) is 24.7 Å². The molecule has 0 saturated heterocycles. The zero-order valence-corrected chi connectivity index (χ0v) is 26.7. The Morgan fingerprint density at radius 2 is 1.22 bits per heavy atom. The van der Waals surface area contributed by atoms with Crippen molar-refractivity contribution in [3.63, 3.8) is 0 Å². The Balaban J connectivity index is 1.23. The molecule has 46 heavy (non-hydrogen) atoms. The third kappa shape index (κ3) is 14.3. The fourth-order valence-electron chi connectivity index (χ4n) is 4.59. The molecule has 3 rings (SSSR count). The van der Waals surface area contributed by atoms with Crippen LogP contribution in [-0.2, 0) is 14.3 Å². The van der Waals surface area contributed by atoms with Gasteiger partial charge in [0.25, 0.3) is 0 Å². The number of ether oxygens (including phenoxy) is 4. The Hall–Kier alpha value is -4.79. The molecule has 0 bridgehead atoms. The Labute approximate surface area is 271 Å². The van der Waals surface area contributed by atoms with Crippen LogP contribution in [0.15, 0.2) is 72.8 Å². The van der Waals surface area contributed by atoms with E-state index in [1.165, 1.54) is 6.08 Å². The summed E-state index contributed by atoms with van der Waals surface area (Å²) in [6.07, 6.45) is 13.4. The number of hydrogen-bond acceptors (Lipinski definition) is 9. The van der Waals surface area contributed by atoms with Crippen molar-refractivity contribution in [2.24, 2.45) is 0 Å². The molecule has 0 heterocycles. The molecule has 0 atom stereocenters. The molecule has 0 aliphatic carbocycles. The van der Waals surface area contributed by atoms with Crippen molar-refractivity contribution < 1.29 is 33.3 Å². The summed E-state index contributed by atoms with van der Waals surface area (Å²) in [6, 6.07) is 18.6. The second-order valence-corrected chi connectivity index (χ2v) is 11.1. The predicted molar refractivity (Wildman–Crippen MR) is 181 cm³/mol. The summed E-state index contributed by atoms with van der Waals surface area (Å²) in [5.41, 5.74) is 13.5. The minimum Gasteiger partial charge on any atom is -0.494 e. The maximum atomic E-state index is 12.2. The van der Waals surface area contributed by atoms with Gasteiger partial charge in [-0.3, -0.25) is 4.79 Å². The van der Waals surface area contributed by atoms with Gasteiger partial charge < -0.3 is 30.4 Å². The van der Waals surface area contributed by atoms with Crippen LogP contribution >= 0.6 is 0 Å². The summed E-state index contributed by atoms with van der Waals surface area (Å²) >= 11 is 0. The largest absolute Gasteiger partial charge is 0.494 e. The van der Waals surface area contributed by atoms with Crippen LogP contribution < -0.4 is 25.7 Å². The van der Waals surface area contributed by atoms with Gasteiger partial charge in [0.05, 0.1) is 18.8 Å². The minimum absolute atomic E-state index is 0.260. The highest BCUT2D eigenvalue weighted by molar-refractivity contribution is 5.91. The van der Waals surface area contributed by atoms with Gasteiger partial charge in [-0.2, -0.15) is 0 Å². The lowest BCUT2D eigenvalue weighted by Crippen LogP contribution is -2.07. The lowest BCUT2D eigenvalue weighted by atomic mass is 10.1. The van der Waals surface area contributed by atoms with Gasteiger partial charge in [0.2, 0.25) is 0 Å². The first-order chi connectivity index (χ1) is 22.3. The van der Waals surface area contributed by atoms with Crippen LogP contribution in [-0.4, -0.2) is 31.1 Å². The molecule has 0 radical (unpaired) electrons. The highest BCUT2D eigenvalue weighted by Gasteiger charge is 2.09. The molecule has 0 saturated carbocycles. The Morgan fingerprint density at radius 3 is 1.87 bits per heavy atom. The van der Waals surface area contributed by atoms with Crippen molar-refractivity contribution in [1.82, 2.24) is 0 Å². The van der Waals surface area contributed by atoms with Gasteiger partial charge in [-0.15, -0.1) is 0 Å². The maximum Gasteiger partial charge on any atom is 0.338 e. The van der Waals surface area contributed by atoms with E-state index in [2.05, 4.69) is 6.92 Å². The van der Waals surface area contributed by atoms with E-state index in [4.69, 9.17) is 30.4 Å². The van der Waals surface area contributed by atoms with Crippen LogP contribution in [0.4, 0.5) is 11.4 Å². The summed E-state index contributed by atoms with van der Waals surface area (Å²) in [6.45, 7) is 3.12. The number of anilines is 2. The Bertz CT molecular complexity index is 1380. The number of unbranched alkanes of at least 4 members (excludes halogenated alkanes) is 8. The van der Waals surface area contributed by atoms with E-state index >= 15 is 0 Å². The van der Waals surface area contributed by atoms with Gasteiger partial charge in [-0.05, 0) is 85.5 Å². The number of benzene rings is 3. The normalized spacial score (nSPS) is 10.9. The molecular formula is C37H46N2O7. The lowest BCUT2D eigenvalue weighted by molar-refractivity contribution is -0.134. The molecular weight excluding hydrogens is 584 g/mol. The molecule has 0 fully saturated rings. The SMILES string of the molecule is CCCCCCC(=O)Oc1ccc(OC(=O)C=Cc2ccc(OCCCCCCCCOC(=O)c3cc(N)cc(N)c3)cc2)cc1. The van der Waals surface area contributed by atoms with Gasteiger partial charge in [-0.25, -0.2) is 9.59 Å². The van der Waals surface area contributed by atoms with Gasteiger partial charge in [0.1, 0.15) is 17.2 Å². The van der Waals surface area contributed by atoms with E-state index in [0.717, 1.165) is 75.5 Å². The third-order valence-corrected chi connectivity index (χ3v) is 7.05. The molecule has 3 aromatic rings. The highest BCUT2D eigenvalue weighted by atomic mass is 16.5. The number of carbonyl (C=O) groups excluding carboxylic acids is 3. The average molecular weight is 631 g/mol. The van der Waals surface area contributed by atoms with Crippen molar-refractivity contribution in [3.05, 3.63) is 83.9 Å². The molecule has 0 amide bonds. The summed E-state index contributed by atoms with van der Waals surface area (Å²) in [7, 11) is 0. The minimum atomic E-state index is -0.509. The topological polar surface area (TPSA) is 140 Å². The van der Waals surface area contributed by atoms with Crippen molar-refractivity contribution in [2.45, 2.75) is 77.6 Å². The van der Waals surface area contributed by atoms with E-state index in [1.807, 2.05) is 24.3 Å². The van der Waals surface area contributed by atoms with Crippen molar-refractivity contribution >= 4 is 35.4 Å². The fourth-order valence-corrected chi connectivity index (χ4v) is 4.59. The van der Waals surface area contributed by atoms with Gasteiger partial charge >= 0.3 is 17.9 Å². The van der Waals surface area contributed by atoms with Crippen LogP contribution in [0.25, 0.3) is 6.08 Å². The van der Waals surface area contributed by atoms with E-state index in [0.29, 0.717) is 48.1 Å². The zero-order valence-electron chi connectivity index (χ0n) is 26.7. The molecule has 9 nitrogen and oxygen atoms in total. The number of esters is 3. The van der Waals surface area contributed by atoms with E-state index in [9.17, 15) is 14.4 Å². The highest BCUT2D eigenvalue weighted by Crippen LogP contribution is 2.20. The molecule has 9 heteroatoms. The molecule has 0 aliphatic heterocycles. The molecule has 0 spiro atoms. The summed E-state index contributed by atoms with van der Waals surface area (Å²) in [4.78, 5) is 36.3. The van der Waals surface area contributed by atoms with E-state index < -0.39 is 11.9 Å². The van der Waals surface area contributed by atoms with Crippen molar-refractivity contribution in [3.8, 4) is 17.2 Å². The molecule has 4 N–H and O–H groups in total. The Morgan fingerprint density at radius 1 is 0.652 bits per heavy atom. The number of hydrogen-bond donors (Lipinski definition) is 2.